The van der Waals surface area contributed by atoms with Gasteiger partial charge in [0.1, 0.15) is 0 Å². The lowest BCUT2D eigenvalue weighted by Gasteiger charge is -2.33. The van der Waals surface area contributed by atoms with E-state index in [2.05, 4.69) is 10.6 Å². The highest BCUT2D eigenvalue weighted by atomic mass is 35.5. The fourth-order valence-electron chi connectivity index (χ4n) is 4.80. The van der Waals surface area contributed by atoms with Crippen molar-refractivity contribution in [1.29, 1.82) is 5.41 Å². The van der Waals surface area contributed by atoms with Crippen LogP contribution in [0, 0.1) is 32.1 Å². The first-order valence-electron chi connectivity index (χ1n) is 13.3. The molecule has 2 amide bonds. The maximum absolute atomic E-state index is 14.1. The van der Waals surface area contributed by atoms with Crippen molar-refractivity contribution in [1.82, 2.24) is 14.9 Å². The van der Waals surface area contributed by atoms with E-state index in [1.54, 1.807) is 49.4 Å². The van der Waals surface area contributed by atoms with Crippen molar-refractivity contribution >= 4 is 52.1 Å². The number of guanidine groups is 1. The molecule has 0 aliphatic rings. The Morgan fingerprint density at radius 3 is 2.05 bits per heavy atom. The molecule has 2 aromatic carbocycles. The number of sulfonamides is 1. The Morgan fingerprint density at radius 2 is 1.55 bits per heavy atom. The predicted molar refractivity (Wildman–Crippen MR) is 165 cm³/mol. The number of carboxylic acids is 2. The highest BCUT2D eigenvalue weighted by Crippen LogP contribution is 2.30. The Labute approximate surface area is 262 Å². The maximum atomic E-state index is 14.1. The summed E-state index contributed by atoms with van der Waals surface area (Å²) in [5.74, 6) is -7.80. The van der Waals surface area contributed by atoms with Crippen LogP contribution < -0.4 is 22.1 Å². The summed E-state index contributed by atoms with van der Waals surface area (Å²) in [6, 6.07) is 7.60. The van der Waals surface area contributed by atoms with Crippen molar-refractivity contribution in [2.24, 2.45) is 17.4 Å². The molecular formula is C28H39ClN6O8S. The zero-order valence-electron chi connectivity index (χ0n) is 24.6. The van der Waals surface area contributed by atoms with Crippen molar-refractivity contribution in [2.45, 2.75) is 57.0 Å². The smallest absolute Gasteiger partial charge is 0.328 e. The summed E-state index contributed by atoms with van der Waals surface area (Å²) >= 11 is 0. The number of aryl methyl sites for hydroxylation is 3. The lowest BCUT2D eigenvalue weighted by Crippen LogP contribution is -2.57. The van der Waals surface area contributed by atoms with Gasteiger partial charge in [-0.25, -0.2) is 17.5 Å². The summed E-state index contributed by atoms with van der Waals surface area (Å²) in [6.07, 6.45) is 0.0687. The molecule has 242 valence electrons. The van der Waals surface area contributed by atoms with Gasteiger partial charge in [0.05, 0.1) is 23.4 Å². The Balaban J connectivity index is 0.00000968. The average molecular weight is 655 g/mol. The summed E-state index contributed by atoms with van der Waals surface area (Å²) in [5, 5.41) is 32.3. The zero-order chi connectivity index (χ0) is 32.5. The lowest BCUT2D eigenvalue weighted by molar-refractivity contribution is -0.155. The van der Waals surface area contributed by atoms with E-state index < -0.39 is 64.7 Å². The standard InChI is InChI=1S/C28H38N6O8S.ClH/c1-16-12-17(2)24(18(3)13-16)43(41,42)34(22(35)15-33-25(36)21(29)10-7-11-32-28(30)31)23(27(39)40)20(26(37)38)14-19-8-5-4-6-9-19;/h4-6,8-9,12-13,20-21,23H,7,10-11,14-15,29H2,1-3H3,(H,33,36)(H,37,38)(H,39,40)(H4,30,31,32);1H/t20?,21-,23-;/m0./s1. The molecule has 0 saturated carbocycles. The number of nitrogens with zero attached hydrogens (tertiary/aromatic N) is 1. The minimum atomic E-state index is -4.97. The molecule has 44 heavy (non-hydrogen) atoms. The molecule has 0 radical (unpaired) electrons. The van der Waals surface area contributed by atoms with E-state index in [9.17, 15) is 37.8 Å². The third kappa shape index (κ3) is 9.92. The number of hydrogen-bond donors (Lipinski definition) is 7. The van der Waals surface area contributed by atoms with Gasteiger partial charge >= 0.3 is 11.9 Å². The van der Waals surface area contributed by atoms with Crippen LogP contribution in [-0.4, -0.2) is 77.8 Å². The number of nitrogens with two attached hydrogens (primary N) is 2. The second kappa shape index (κ2) is 16.6. The van der Waals surface area contributed by atoms with Gasteiger partial charge in [0.25, 0.3) is 15.9 Å². The number of aliphatic carboxylic acids is 2. The molecule has 2 aromatic rings. The van der Waals surface area contributed by atoms with Gasteiger partial charge in [0.15, 0.2) is 12.0 Å². The monoisotopic (exact) mass is 654 g/mol. The molecule has 2 rings (SSSR count). The van der Waals surface area contributed by atoms with Gasteiger partial charge in [0, 0.05) is 6.54 Å². The van der Waals surface area contributed by atoms with E-state index in [1.807, 2.05) is 0 Å². The molecule has 0 spiro atoms. The van der Waals surface area contributed by atoms with Crippen LogP contribution in [0.15, 0.2) is 47.4 Å². The number of carbonyl (C=O) groups is 4. The van der Waals surface area contributed by atoms with Gasteiger partial charge < -0.3 is 32.3 Å². The largest absolute Gasteiger partial charge is 0.481 e. The lowest BCUT2D eigenvalue weighted by atomic mass is 9.92. The highest BCUT2D eigenvalue weighted by molar-refractivity contribution is 7.89. The Kier molecular flexibility index (Phi) is 14.3. The molecule has 0 fully saturated rings. The van der Waals surface area contributed by atoms with Crippen molar-refractivity contribution in [3.05, 3.63) is 64.7 Å². The Morgan fingerprint density at radius 1 is 0.977 bits per heavy atom. The minimum Gasteiger partial charge on any atom is -0.481 e. The number of halogens is 1. The van der Waals surface area contributed by atoms with Crippen LogP contribution >= 0.6 is 12.4 Å². The van der Waals surface area contributed by atoms with E-state index in [4.69, 9.17) is 16.9 Å². The minimum absolute atomic E-state index is 0. The van der Waals surface area contributed by atoms with E-state index in [1.165, 1.54) is 13.8 Å². The summed E-state index contributed by atoms with van der Waals surface area (Å²) in [6.45, 7) is 3.98. The molecule has 0 aliphatic heterocycles. The van der Waals surface area contributed by atoms with Crippen LogP contribution in [0.4, 0.5) is 0 Å². The Hall–Kier alpha value is -4.21. The van der Waals surface area contributed by atoms with Crippen molar-refractivity contribution in [2.75, 3.05) is 13.1 Å². The van der Waals surface area contributed by atoms with Crippen LogP contribution in [0.25, 0.3) is 0 Å². The molecule has 0 heterocycles. The first-order valence-corrected chi connectivity index (χ1v) is 14.8. The van der Waals surface area contributed by atoms with Crippen molar-refractivity contribution in [3.63, 3.8) is 0 Å². The van der Waals surface area contributed by atoms with Crippen molar-refractivity contribution in [3.8, 4) is 0 Å². The first kappa shape index (κ1) is 37.8. The molecule has 0 bridgehead atoms. The molecule has 0 saturated heterocycles. The number of carboxylic acid groups (broad SMARTS) is 2. The molecule has 0 aliphatic carbocycles. The number of benzene rings is 2. The number of rotatable bonds is 15. The third-order valence-electron chi connectivity index (χ3n) is 6.63. The van der Waals surface area contributed by atoms with E-state index in [0.717, 1.165) is 0 Å². The fraction of sp³-hybridized carbons (Fsp3) is 0.393. The molecular weight excluding hydrogens is 616 g/mol. The van der Waals surface area contributed by atoms with Crippen LogP contribution in [0.2, 0.25) is 0 Å². The number of amides is 2. The second-order valence-electron chi connectivity index (χ2n) is 10.1. The molecule has 14 nitrogen and oxygen atoms in total. The van der Waals surface area contributed by atoms with Gasteiger partial charge in [-0.15, -0.1) is 12.4 Å². The molecule has 9 N–H and O–H groups in total. The molecule has 16 heteroatoms. The van der Waals surface area contributed by atoms with Crippen LogP contribution in [0.3, 0.4) is 0 Å². The van der Waals surface area contributed by atoms with Gasteiger partial charge in [-0.3, -0.25) is 19.8 Å². The van der Waals surface area contributed by atoms with E-state index in [0.29, 0.717) is 17.5 Å². The summed E-state index contributed by atoms with van der Waals surface area (Å²) in [7, 11) is -4.97. The van der Waals surface area contributed by atoms with Crippen LogP contribution in [0.5, 0.6) is 0 Å². The first-order chi connectivity index (χ1) is 20.1. The Bertz CT molecular complexity index is 1450. The van der Waals surface area contributed by atoms with Crippen LogP contribution in [0.1, 0.15) is 35.1 Å². The number of hydrogen-bond acceptors (Lipinski definition) is 8. The maximum Gasteiger partial charge on any atom is 0.328 e. The second-order valence-corrected chi connectivity index (χ2v) is 11.9. The van der Waals surface area contributed by atoms with Crippen LogP contribution in [-0.2, 0) is 35.6 Å². The van der Waals surface area contributed by atoms with E-state index >= 15 is 0 Å². The quantitative estimate of drug-likeness (QED) is 0.0798. The summed E-state index contributed by atoms with van der Waals surface area (Å²) in [5.41, 5.74) is 12.6. The SMILES string of the molecule is Cc1cc(C)c(S(=O)(=O)N(C(=O)CNC(=O)[C@@H](N)CCCNC(=N)N)[C@H](C(=O)O)C(Cc2ccccc2)C(=O)O)c(C)c1.Cl. The average Bonchev–Trinajstić information content (AvgIpc) is 2.90. The molecule has 3 atom stereocenters. The predicted octanol–water partition coefficient (Wildman–Crippen LogP) is 0.654. The molecule has 1 unspecified atom stereocenters. The van der Waals surface area contributed by atoms with Gasteiger partial charge in [0.2, 0.25) is 5.91 Å². The van der Waals surface area contributed by atoms with Gasteiger partial charge in [-0.05, 0) is 56.7 Å². The topological polar surface area (TPSA) is 246 Å². The summed E-state index contributed by atoms with van der Waals surface area (Å²) < 4.78 is 28.3. The van der Waals surface area contributed by atoms with E-state index in [-0.39, 0.29) is 51.7 Å². The third-order valence-corrected chi connectivity index (χ3v) is 8.74. The summed E-state index contributed by atoms with van der Waals surface area (Å²) in [4.78, 5) is 51.0. The number of carbonyl (C=O) groups excluding carboxylic acids is 2. The normalized spacial score (nSPS) is 13.0. The van der Waals surface area contributed by atoms with Crippen molar-refractivity contribution < 1.29 is 37.8 Å². The molecule has 0 aromatic heterocycles. The fourth-order valence-corrected chi connectivity index (χ4v) is 6.79. The number of nitrogens with one attached hydrogen (secondary N) is 3. The highest BCUT2D eigenvalue weighted by Gasteiger charge is 2.47. The zero-order valence-corrected chi connectivity index (χ0v) is 26.2. The van der Waals surface area contributed by atoms with Gasteiger partial charge in [-0.1, -0.05) is 48.0 Å². The van der Waals surface area contributed by atoms with Gasteiger partial charge in [-0.2, -0.15) is 0 Å².